The predicted octanol–water partition coefficient (Wildman–Crippen LogP) is 1.17. The third kappa shape index (κ3) is 3.17. The molecule has 0 spiro atoms. The Morgan fingerprint density at radius 3 is 2.50 bits per heavy atom. The van der Waals surface area contributed by atoms with E-state index in [2.05, 4.69) is 0 Å². The van der Waals surface area contributed by atoms with Gasteiger partial charge >= 0.3 is 0 Å². The predicted molar refractivity (Wildman–Crippen MR) is 60.3 cm³/mol. The molecule has 0 aromatic carbocycles. The first-order chi connectivity index (χ1) is 8.58. The Morgan fingerprint density at radius 2 is 1.94 bits per heavy atom. The quantitative estimate of drug-likeness (QED) is 0.758. The first-order valence-corrected chi connectivity index (χ1v) is 6.43. The second-order valence-electron chi connectivity index (χ2n) is 5.03. The Hall–Kier alpha value is -0.750. The zero-order valence-corrected chi connectivity index (χ0v) is 10.2. The Labute approximate surface area is 105 Å². The van der Waals surface area contributed by atoms with E-state index >= 15 is 0 Å². The molecule has 4 nitrogen and oxygen atoms in total. The molecule has 2 aliphatic rings. The Bertz CT molecular complexity index is 287. The highest BCUT2D eigenvalue weighted by Gasteiger charge is 2.42. The molecule has 0 aliphatic carbocycles. The van der Waals surface area contributed by atoms with Crippen LogP contribution in [0.5, 0.6) is 0 Å². The second-order valence-corrected chi connectivity index (χ2v) is 5.03. The first kappa shape index (κ1) is 13.7. The molecular formula is C12H19F2NO3. The summed E-state index contributed by atoms with van der Waals surface area (Å²) in [6.45, 7) is -0.569. The number of nitrogens with zero attached hydrogens (tertiary/aromatic N) is 1. The van der Waals surface area contributed by atoms with Gasteiger partial charge in [-0.2, -0.15) is 0 Å². The standard InChI is InChI=1S/C12H19F2NO3/c13-11(14)7-18-4-3-12(17)15-8-1-2-9(15)6-10(16)5-8/h8-11,16H,1-7H2. The van der Waals surface area contributed by atoms with E-state index in [0.29, 0.717) is 12.8 Å². The molecule has 6 heteroatoms. The Balaban J connectivity index is 1.76. The molecule has 2 heterocycles. The molecule has 104 valence electrons. The molecule has 0 saturated carbocycles. The van der Waals surface area contributed by atoms with Crippen LogP contribution in [-0.4, -0.2) is 53.7 Å². The summed E-state index contributed by atoms with van der Waals surface area (Å²) >= 11 is 0. The fourth-order valence-corrected chi connectivity index (χ4v) is 3.02. The van der Waals surface area contributed by atoms with Crippen LogP contribution < -0.4 is 0 Å². The normalized spacial score (nSPS) is 31.1. The number of alkyl halides is 2. The van der Waals surface area contributed by atoms with E-state index < -0.39 is 13.0 Å². The van der Waals surface area contributed by atoms with Crippen molar-refractivity contribution < 1.29 is 23.4 Å². The summed E-state index contributed by atoms with van der Waals surface area (Å²) in [5.74, 6) is -0.0383. The van der Waals surface area contributed by atoms with Crippen LogP contribution in [0.15, 0.2) is 0 Å². The molecule has 2 saturated heterocycles. The molecule has 0 radical (unpaired) electrons. The number of aliphatic hydroxyl groups excluding tert-OH is 1. The van der Waals surface area contributed by atoms with Crippen molar-refractivity contribution in [3.8, 4) is 0 Å². The molecule has 2 rings (SSSR count). The average Bonchev–Trinajstić information content (AvgIpc) is 2.57. The zero-order valence-electron chi connectivity index (χ0n) is 10.2. The summed E-state index contributed by atoms with van der Waals surface area (Å²) in [6, 6.07) is 0.252. The highest BCUT2D eigenvalue weighted by atomic mass is 19.3. The van der Waals surface area contributed by atoms with Crippen LogP contribution in [0.25, 0.3) is 0 Å². The molecule has 1 N–H and O–H groups in total. The first-order valence-electron chi connectivity index (χ1n) is 6.43. The van der Waals surface area contributed by atoms with Crippen LogP contribution in [0.2, 0.25) is 0 Å². The lowest BCUT2D eigenvalue weighted by molar-refractivity contribution is -0.138. The van der Waals surface area contributed by atoms with Gasteiger partial charge in [0.1, 0.15) is 6.61 Å². The lowest BCUT2D eigenvalue weighted by Crippen LogP contribution is -2.48. The number of hydrogen-bond acceptors (Lipinski definition) is 3. The van der Waals surface area contributed by atoms with Gasteiger partial charge in [-0.3, -0.25) is 4.79 Å². The summed E-state index contributed by atoms with van der Waals surface area (Å²) in [5, 5.41) is 9.62. The lowest BCUT2D eigenvalue weighted by Gasteiger charge is -2.37. The number of carbonyl (C=O) groups is 1. The summed E-state index contributed by atoms with van der Waals surface area (Å²) in [4.78, 5) is 13.8. The minimum absolute atomic E-state index is 0.0383. The smallest absolute Gasteiger partial charge is 0.261 e. The van der Waals surface area contributed by atoms with Crippen LogP contribution in [0.4, 0.5) is 8.78 Å². The largest absolute Gasteiger partial charge is 0.393 e. The van der Waals surface area contributed by atoms with Crippen molar-refractivity contribution in [2.45, 2.75) is 56.7 Å². The molecule has 1 amide bonds. The number of fused-ring (bicyclic) bond motifs is 2. The number of hydrogen-bond donors (Lipinski definition) is 1. The van der Waals surface area contributed by atoms with E-state index in [0.717, 1.165) is 12.8 Å². The monoisotopic (exact) mass is 263 g/mol. The molecule has 18 heavy (non-hydrogen) atoms. The molecule has 2 bridgehead atoms. The minimum atomic E-state index is -2.48. The molecular weight excluding hydrogens is 244 g/mol. The summed E-state index contributed by atoms with van der Waals surface area (Å²) in [5.41, 5.74) is 0. The van der Waals surface area contributed by atoms with E-state index in [9.17, 15) is 18.7 Å². The third-order valence-electron chi connectivity index (χ3n) is 3.70. The maximum Gasteiger partial charge on any atom is 0.261 e. The van der Waals surface area contributed by atoms with Gasteiger partial charge < -0.3 is 14.7 Å². The number of halogens is 2. The van der Waals surface area contributed by atoms with Gasteiger partial charge in [-0.1, -0.05) is 0 Å². The minimum Gasteiger partial charge on any atom is -0.393 e. The molecule has 0 aromatic rings. The van der Waals surface area contributed by atoms with Gasteiger partial charge in [0.05, 0.1) is 19.1 Å². The van der Waals surface area contributed by atoms with Crippen molar-refractivity contribution in [3.05, 3.63) is 0 Å². The van der Waals surface area contributed by atoms with Crippen LogP contribution in [-0.2, 0) is 9.53 Å². The second kappa shape index (κ2) is 5.93. The van der Waals surface area contributed by atoms with Gasteiger partial charge in [0.15, 0.2) is 0 Å². The van der Waals surface area contributed by atoms with Gasteiger partial charge in [-0.25, -0.2) is 8.78 Å². The van der Waals surface area contributed by atoms with E-state index in [1.54, 1.807) is 0 Å². The fourth-order valence-electron chi connectivity index (χ4n) is 3.02. The number of amides is 1. The maximum absolute atomic E-state index is 12.0. The molecule has 2 atom stereocenters. The average molecular weight is 263 g/mol. The summed E-state index contributed by atoms with van der Waals surface area (Å²) < 4.78 is 28.4. The van der Waals surface area contributed by atoms with E-state index in [1.807, 2.05) is 4.90 Å². The van der Waals surface area contributed by atoms with E-state index in [4.69, 9.17) is 4.74 Å². The Morgan fingerprint density at radius 1 is 1.33 bits per heavy atom. The van der Waals surface area contributed by atoms with Crippen LogP contribution >= 0.6 is 0 Å². The number of piperidine rings is 1. The van der Waals surface area contributed by atoms with Gasteiger partial charge in [0.25, 0.3) is 6.43 Å². The Kier molecular flexibility index (Phi) is 4.50. The number of carbonyl (C=O) groups excluding carboxylic acids is 1. The van der Waals surface area contributed by atoms with Gasteiger partial charge in [0, 0.05) is 12.1 Å². The van der Waals surface area contributed by atoms with Crippen LogP contribution in [0.3, 0.4) is 0 Å². The van der Waals surface area contributed by atoms with E-state index in [1.165, 1.54) is 0 Å². The highest BCUT2D eigenvalue weighted by Crippen LogP contribution is 2.36. The van der Waals surface area contributed by atoms with Crippen LogP contribution in [0.1, 0.15) is 32.1 Å². The maximum atomic E-state index is 12.0. The molecule has 0 aromatic heterocycles. The summed E-state index contributed by atoms with van der Waals surface area (Å²) in [6.07, 6.45) is 0.510. The van der Waals surface area contributed by atoms with Gasteiger partial charge in [-0.05, 0) is 25.7 Å². The van der Waals surface area contributed by atoms with Crippen molar-refractivity contribution in [2.24, 2.45) is 0 Å². The molecule has 2 unspecified atom stereocenters. The van der Waals surface area contributed by atoms with Crippen molar-refractivity contribution in [3.63, 3.8) is 0 Å². The topological polar surface area (TPSA) is 49.8 Å². The fraction of sp³-hybridized carbons (Fsp3) is 0.917. The highest BCUT2D eigenvalue weighted by molar-refractivity contribution is 5.77. The SMILES string of the molecule is O=C(CCOCC(F)F)N1C2CCC1CC(O)C2. The van der Waals surface area contributed by atoms with Gasteiger partial charge in [-0.15, -0.1) is 0 Å². The van der Waals surface area contributed by atoms with Crippen molar-refractivity contribution in [2.75, 3.05) is 13.2 Å². The van der Waals surface area contributed by atoms with Crippen LogP contribution in [0, 0.1) is 0 Å². The van der Waals surface area contributed by atoms with E-state index in [-0.39, 0.29) is 37.1 Å². The number of rotatable bonds is 5. The van der Waals surface area contributed by atoms with Crippen molar-refractivity contribution in [1.82, 2.24) is 4.90 Å². The zero-order chi connectivity index (χ0) is 13.1. The van der Waals surface area contributed by atoms with Crippen molar-refractivity contribution in [1.29, 1.82) is 0 Å². The number of ether oxygens (including phenoxy) is 1. The van der Waals surface area contributed by atoms with Gasteiger partial charge in [0.2, 0.25) is 5.91 Å². The lowest BCUT2D eigenvalue weighted by atomic mass is 9.99. The molecule has 2 aliphatic heterocycles. The molecule has 2 fully saturated rings. The third-order valence-corrected chi connectivity index (χ3v) is 3.70. The summed E-state index contributed by atoms with van der Waals surface area (Å²) in [7, 11) is 0. The number of aliphatic hydroxyl groups is 1. The van der Waals surface area contributed by atoms with Crippen molar-refractivity contribution >= 4 is 5.91 Å².